The first-order valence-corrected chi connectivity index (χ1v) is 12.0. The van der Waals surface area contributed by atoms with Crippen LogP contribution < -0.4 is 19.1 Å². The summed E-state index contributed by atoms with van der Waals surface area (Å²) in [6, 6.07) is 17.1. The Labute approximate surface area is 216 Å². The minimum Gasteiger partial charge on any atom is -0.507 e. The molecular formula is C30H31NO6. The number of benzene rings is 3. The molecule has 0 aliphatic carbocycles. The first kappa shape index (κ1) is 25.8. The molecule has 3 aromatic rings. The third-order valence-electron chi connectivity index (χ3n) is 6.62. The van der Waals surface area contributed by atoms with Crippen molar-refractivity contribution in [1.29, 1.82) is 0 Å². The lowest BCUT2D eigenvalue weighted by molar-refractivity contribution is -0.132. The Morgan fingerprint density at radius 2 is 1.46 bits per heavy atom. The summed E-state index contributed by atoms with van der Waals surface area (Å²) in [4.78, 5) is 28.4. The topological polar surface area (TPSA) is 85.3 Å². The number of rotatable bonds is 7. The molecule has 0 saturated carbocycles. The number of carbonyl (C=O) groups is 2. The summed E-state index contributed by atoms with van der Waals surface area (Å²) in [5.41, 5.74) is 3.39. The minimum atomic E-state index is -0.907. The third kappa shape index (κ3) is 4.65. The number of aliphatic hydroxyl groups excluding tert-OH is 1. The number of nitrogens with zero attached hydrogens (tertiary/aromatic N) is 1. The van der Waals surface area contributed by atoms with E-state index in [-0.39, 0.29) is 11.3 Å². The van der Waals surface area contributed by atoms with Gasteiger partial charge < -0.3 is 19.3 Å². The smallest absolute Gasteiger partial charge is 0.300 e. The van der Waals surface area contributed by atoms with E-state index in [1.54, 1.807) is 30.3 Å². The quantitative estimate of drug-likeness (QED) is 0.251. The Bertz CT molecular complexity index is 1370. The number of hydrogen-bond donors (Lipinski definition) is 1. The largest absolute Gasteiger partial charge is 0.507 e. The highest BCUT2D eigenvalue weighted by molar-refractivity contribution is 6.51. The van der Waals surface area contributed by atoms with E-state index in [2.05, 4.69) is 13.8 Å². The lowest BCUT2D eigenvalue weighted by atomic mass is 9.94. The van der Waals surface area contributed by atoms with E-state index in [4.69, 9.17) is 14.2 Å². The zero-order valence-electron chi connectivity index (χ0n) is 21.9. The highest BCUT2D eigenvalue weighted by Gasteiger charge is 2.47. The average Bonchev–Trinajstić information content (AvgIpc) is 3.17. The van der Waals surface area contributed by atoms with Gasteiger partial charge in [0, 0.05) is 5.69 Å². The van der Waals surface area contributed by atoms with Crippen LogP contribution in [0.1, 0.15) is 48.1 Å². The Kier molecular flexibility index (Phi) is 7.25. The van der Waals surface area contributed by atoms with Gasteiger partial charge in [-0.1, -0.05) is 43.7 Å². The zero-order valence-corrected chi connectivity index (χ0v) is 21.9. The van der Waals surface area contributed by atoms with E-state index in [1.165, 1.54) is 26.2 Å². The molecule has 3 aromatic carbocycles. The molecule has 1 fully saturated rings. The van der Waals surface area contributed by atoms with Gasteiger partial charge in [0.25, 0.3) is 11.7 Å². The van der Waals surface area contributed by atoms with E-state index >= 15 is 0 Å². The van der Waals surface area contributed by atoms with Gasteiger partial charge in [-0.25, -0.2) is 0 Å². The van der Waals surface area contributed by atoms with Crippen molar-refractivity contribution in [2.45, 2.75) is 32.7 Å². The molecule has 0 spiro atoms. The van der Waals surface area contributed by atoms with Crippen LogP contribution in [0, 0.1) is 6.92 Å². The van der Waals surface area contributed by atoms with Gasteiger partial charge in [0.1, 0.15) is 11.5 Å². The molecule has 1 aliphatic heterocycles. The minimum absolute atomic E-state index is 0.0333. The van der Waals surface area contributed by atoms with Gasteiger partial charge >= 0.3 is 0 Å². The van der Waals surface area contributed by atoms with E-state index in [1.807, 2.05) is 37.3 Å². The van der Waals surface area contributed by atoms with Crippen LogP contribution in [0.5, 0.6) is 17.2 Å². The van der Waals surface area contributed by atoms with Gasteiger partial charge in [0.15, 0.2) is 11.5 Å². The molecular weight excluding hydrogens is 470 g/mol. The highest BCUT2D eigenvalue weighted by Crippen LogP contribution is 2.45. The SMILES string of the molecule is COc1ccc(C2/C(=C(\O)c3cc(C)ccc3OC)C(=O)C(=O)N2c2ccc(C(C)C)cc2)cc1OC. The summed E-state index contributed by atoms with van der Waals surface area (Å²) in [5, 5.41) is 11.5. The van der Waals surface area contributed by atoms with Crippen LogP contribution in [0.4, 0.5) is 5.69 Å². The molecule has 0 radical (unpaired) electrons. The number of carbonyl (C=O) groups excluding carboxylic acids is 2. The van der Waals surface area contributed by atoms with Crippen LogP contribution in [0.25, 0.3) is 5.76 Å². The molecule has 0 bridgehead atoms. The molecule has 7 heteroatoms. The van der Waals surface area contributed by atoms with Gasteiger partial charge in [-0.2, -0.15) is 0 Å². The Morgan fingerprint density at radius 1 is 0.838 bits per heavy atom. The average molecular weight is 502 g/mol. The highest BCUT2D eigenvalue weighted by atomic mass is 16.5. The summed E-state index contributed by atoms with van der Waals surface area (Å²) in [6.45, 7) is 6.04. The molecule has 1 atom stereocenters. The van der Waals surface area contributed by atoms with Crippen LogP contribution in [-0.2, 0) is 9.59 Å². The molecule has 1 amide bonds. The number of methoxy groups -OCH3 is 3. The number of ether oxygens (including phenoxy) is 3. The first-order valence-electron chi connectivity index (χ1n) is 12.0. The monoisotopic (exact) mass is 501 g/mol. The second kappa shape index (κ2) is 10.4. The molecule has 1 saturated heterocycles. The molecule has 1 unspecified atom stereocenters. The fourth-order valence-corrected chi connectivity index (χ4v) is 4.61. The molecule has 37 heavy (non-hydrogen) atoms. The van der Waals surface area contributed by atoms with Crippen molar-refractivity contribution < 1.29 is 28.9 Å². The maximum Gasteiger partial charge on any atom is 0.300 e. The summed E-state index contributed by atoms with van der Waals surface area (Å²) in [5.74, 6) is -0.181. The lowest BCUT2D eigenvalue weighted by Gasteiger charge is -2.26. The Hall–Kier alpha value is -4.26. The van der Waals surface area contributed by atoms with Crippen molar-refractivity contribution in [3.05, 3.63) is 88.5 Å². The van der Waals surface area contributed by atoms with E-state index in [0.29, 0.717) is 40.0 Å². The standard InChI is InChI=1S/C30H31NO6/c1-17(2)19-8-11-21(12-9-19)31-27(20-10-14-24(36-5)25(16-20)37-6)26(29(33)30(31)34)28(32)22-15-18(3)7-13-23(22)35-4/h7-17,27,32H,1-6H3/b28-26+. The van der Waals surface area contributed by atoms with Crippen LogP contribution in [0.15, 0.2) is 66.2 Å². The van der Waals surface area contributed by atoms with E-state index in [0.717, 1.165) is 11.1 Å². The predicted molar refractivity (Wildman–Crippen MR) is 143 cm³/mol. The van der Waals surface area contributed by atoms with Gasteiger partial charge in [-0.05, 0) is 60.4 Å². The molecule has 192 valence electrons. The normalized spacial score (nSPS) is 16.8. The number of anilines is 1. The number of aliphatic hydroxyl groups is 1. The fourth-order valence-electron chi connectivity index (χ4n) is 4.61. The predicted octanol–water partition coefficient (Wildman–Crippen LogP) is 5.77. The second-order valence-electron chi connectivity index (χ2n) is 9.23. The number of aryl methyl sites for hydroxylation is 1. The van der Waals surface area contributed by atoms with Crippen LogP contribution in [-0.4, -0.2) is 38.1 Å². The number of Topliss-reactive ketones (excluding diaryl/α,β-unsaturated/α-hetero) is 1. The van der Waals surface area contributed by atoms with Crippen molar-refractivity contribution in [3.63, 3.8) is 0 Å². The molecule has 1 aliphatic rings. The number of amides is 1. The first-order chi connectivity index (χ1) is 17.7. The number of ketones is 1. The van der Waals surface area contributed by atoms with Crippen LogP contribution >= 0.6 is 0 Å². The lowest BCUT2D eigenvalue weighted by Crippen LogP contribution is -2.29. The zero-order chi connectivity index (χ0) is 26.9. The van der Waals surface area contributed by atoms with Crippen LogP contribution in [0.3, 0.4) is 0 Å². The van der Waals surface area contributed by atoms with Gasteiger partial charge in [-0.3, -0.25) is 14.5 Å². The third-order valence-corrected chi connectivity index (χ3v) is 6.62. The molecule has 0 aromatic heterocycles. The van der Waals surface area contributed by atoms with E-state index < -0.39 is 17.7 Å². The molecule has 1 N–H and O–H groups in total. The summed E-state index contributed by atoms with van der Waals surface area (Å²) >= 11 is 0. The van der Waals surface area contributed by atoms with Gasteiger partial charge in [-0.15, -0.1) is 0 Å². The Balaban J connectivity index is 1.98. The fraction of sp³-hybridized carbons (Fsp3) is 0.267. The van der Waals surface area contributed by atoms with Crippen molar-refractivity contribution in [2.75, 3.05) is 26.2 Å². The summed E-state index contributed by atoms with van der Waals surface area (Å²) in [6.07, 6.45) is 0. The van der Waals surface area contributed by atoms with Gasteiger partial charge in [0.2, 0.25) is 0 Å². The summed E-state index contributed by atoms with van der Waals surface area (Å²) < 4.78 is 16.3. The van der Waals surface area contributed by atoms with Crippen molar-refractivity contribution in [1.82, 2.24) is 0 Å². The summed E-state index contributed by atoms with van der Waals surface area (Å²) in [7, 11) is 4.53. The molecule has 4 rings (SSSR count). The number of hydrogen-bond acceptors (Lipinski definition) is 6. The van der Waals surface area contributed by atoms with Gasteiger partial charge in [0.05, 0.1) is 38.5 Å². The molecule has 1 heterocycles. The maximum absolute atomic E-state index is 13.5. The van der Waals surface area contributed by atoms with E-state index in [9.17, 15) is 14.7 Å². The van der Waals surface area contributed by atoms with Crippen molar-refractivity contribution in [3.8, 4) is 17.2 Å². The maximum atomic E-state index is 13.5. The van der Waals surface area contributed by atoms with Crippen molar-refractivity contribution in [2.24, 2.45) is 0 Å². The second-order valence-corrected chi connectivity index (χ2v) is 9.23. The van der Waals surface area contributed by atoms with Crippen LogP contribution in [0.2, 0.25) is 0 Å². The Morgan fingerprint density at radius 3 is 2.05 bits per heavy atom. The molecule has 7 nitrogen and oxygen atoms in total. The van der Waals surface area contributed by atoms with Crippen molar-refractivity contribution >= 4 is 23.1 Å².